The second-order valence-electron chi connectivity index (χ2n) is 6.33. The van der Waals surface area contributed by atoms with Crippen molar-refractivity contribution in [1.29, 1.82) is 0 Å². The standard InChI is InChI=1S/C18H22FNO4/c1-10-12-9-11(19)7-8-14(12)24-17(10)18(22)20-13-5-3-4-6-15(23-2)16(13)21/h7-9,13,15-16,21H,3-6H2,1-2H3,(H,20,22)/t13-,15-,16-/m1/s1. The van der Waals surface area contributed by atoms with Gasteiger partial charge in [-0.05, 0) is 38.0 Å². The normalized spacial score (nSPS) is 24.8. The summed E-state index contributed by atoms with van der Waals surface area (Å²) in [6, 6.07) is 3.77. The number of halogens is 1. The highest BCUT2D eigenvalue weighted by Gasteiger charge is 2.32. The monoisotopic (exact) mass is 335 g/mol. The minimum absolute atomic E-state index is 0.154. The van der Waals surface area contributed by atoms with E-state index in [1.54, 1.807) is 14.0 Å². The van der Waals surface area contributed by atoms with Gasteiger partial charge in [-0.2, -0.15) is 0 Å². The summed E-state index contributed by atoms with van der Waals surface area (Å²) < 4.78 is 24.3. The van der Waals surface area contributed by atoms with Gasteiger partial charge >= 0.3 is 0 Å². The molecular weight excluding hydrogens is 313 g/mol. The fourth-order valence-electron chi connectivity index (χ4n) is 3.37. The first kappa shape index (κ1) is 16.9. The molecule has 1 heterocycles. The Morgan fingerprint density at radius 3 is 2.88 bits per heavy atom. The number of amides is 1. The molecule has 3 rings (SSSR count). The maximum absolute atomic E-state index is 13.4. The van der Waals surface area contributed by atoms with E-state index in [1.165, 1.54) is 18.2 Å². The molecule has 1 fully saturated rings. The highest BCUT2D eigenvalue weighted by molar-refractivity contribution is 5.99. The number of methoxy groups -OCH3 is 1. The number of hydrogen-bond donors (Lipinski definition) is 2. The van der Waals surface area contributed by atoms with Crippen molar-refractivity contribution in [2.75, 3.05) is 7.11 Å². The Kier molecular flexibility index (Phi) is 4.87. The number of aryl methyl sites for hydroxylation is 1. The first-order valence-corrected chi connectivity index (χ1v) is 8.21. The number of fused-ring (bicyclic) bond motifs is 1. The van der Waals surface area contributed by atoms with Crippen molar-refractivity contribution in [2.24, 2.45) is 0 Å². The number of aliphatic hydroxyl groups is 1. The average molecular weight is 335 g/mol. The molecule has 24 heavy (non-hydrogen) atoms. The Bertz CT molecular complexity index is 742. The molecule has 0 spiro atoms. The lowest BCUT2D eigenvalue weighted by Gasteiger charge is -2.26. The predicted molar refractivity (Wildman–Crippen MR) is 87.4 cm³/mol. The smallest absolute Gasteiger partial charge is 0.287 e. The van der Waals surface area contributed by atoms with Gasteiger partial charge in [0, 0.05) is 18.1 Å². The van der Waals surface area contributed by atoms with Crippen LogP contribution in [0.15, 0.2) is 22.6 Å². The van der Waals surface area contributed by atoms with Crippen LogP contribution in [-0.2, 0) is 4.74 Å². The van der Waals surface area contributed by atoms with Crippen LogP contribution in [0.3, 0.4) is 0 Å². The number of carbonyl (C=O) groups is 1. The molecule has 130 valence electrons. The van der Waals surface area contributed by atoms with E-state index in [4.69, 9.17) is 9.15 Å². The number of benzene rings is 1. The number of hydrogen-bond acceptors (Lipinski definition) is 4. The third-order valence-electron chi connectivity index (χ3n) is 4.77. The van der Waals surface area contributed by atoms with E-state index < -0.39 is 18.1 Å². The van der Waals surface area contributed by atoms with Crippen molar-refractivity contribution < 1.29 is 23.4 Å². The minimum Gasteiger partial charge on any atom is -0.451 e. The summed E-state index contributed by atoms with van der Waals surface area (Å²) >= 11 is 0. The van der Waals surface area contributed by atoms with E-state index >= 15 is 0 Å². The van der Waals surface area contributed by atoms with Crippen molar-refractivity contribution in [3.8, 4) is 0 Å². The molecular formula is C18H22FNO4. The van der Waals surface area contributed by atoms with Crippen molar-refractivity contribution in [2.45, 2.75) is 50.9 Å². The van der Waals surface area contributed by atoms with Gasteiger partial charge in [0.2, 0.25) is 0 Å². The summed E-state index contributed by atoms with van der Waals surface area (Å²) in [4.78, 5) is 12.6. The fourth-order valence-corrected chi connectivity index (χ4v) is 3.37. The van der Waals surface area contributed by atoms with E-state index in [0.717, 1.165) is 19.3 Å². The molecule has 1 aliphatic rings. The van der Waals surface area contributed by atoms with Crippen LogP contribution in [0.5, 0.6) is 0 Å². The molecule has 3 atom stereocenters. The molecule has 1 amide bonds. The molecule has 1 saturated carbocycles. The molecule has 0 aliphatic heterocycles. The third kappa shape index (κ3) is 3.16. The van der Waals surface area contributed by atoms with Crippen molar-refractivity contribution in [1.82, 2.24) is 5.32 Å². The quantitative estimate of drug-likeness (QED) is 0.846. The van der Waals surface area contributed by atoms with Crippen LogP contribution in [0.2, 0.25) is 0 Å². The van der Waals surface area contributed by atoms with Crippen molar-refractivity contribution in [3.63, 3.8) is 0 Å². The molecule has 1 aliphatic carbocycles. The van der Waals surface area contributed by atoms with Gasteiger partial charge in [-0.15, -0.1) is 0 Å². The Hall–Kier alpha value is -1.92. The van der Waals surface area contributed by atoms with Crippen LogP contribution in [0, 0.1) is 12.7 Å². The number of carbonyl (C=O) groups excluding carboxylic acids is 1. The lowest BCUT2D eigenvalue weighted by atomic mass is 10.0. The molecule has 0 saturated heterocycles. The predicted octanol–water partition coefficient (Wildman–Crippen LogP) is 2.93. The van der Waals surface area contributed by atoms with Crippen LogP contribution >= 0.6 is 0 Å². The van der Waals surface area contributed by atoms with Gasteiger partial charge in [0.25, 0.3) is 5.91 Å². The van der Waals surface area contributed by atoms with Gasteiger partial charge < -0.3 is 19.6 Å². The van der Waals surface area contributed by atoms with Crippen molar-refractivity contribution in [3.05, 3.63) is 35.3 Å². The fraction of sp³-hybridized carbons (Fsp3) is 0.500. The Morgan fingerprint density at radius 1 is 1.38 bits per heavy atom. The molecule has 5 nitrogen and oxygen atoms in total. The SMILES string of the molecule is CO[C@@H]1CCCC[C@@H](NC(=O)c2oc3ccc(F)cc3c2C)[C@H]1O. The molecule has 0 bridgehead atoms. The Labute approximate surface area is 139 Å². The summed E-state index contributed by atoms with van der Waals surface area (Å²) in [5, 5.41) is 13.9. The van der Waals surface area contributed by atoms with E-state index in [-0.39, 0.29) is 17.7 Å². The second-order valence-corrected chi connectivity index (χ2v) is 6.33. The summed E-state index contributed by atoms with van der Waals surface area (Å²) in [7, 11) is 1.57. The summed E-state index contributed by atoms with van der Waals surface area (Å²) in [6.45, 7) is 1.72. The van der Waals surface area contributed by atoms with E-state index in [0.29, 0.717) is 23.0 Å². The molecule has 1 aromatic heterocycles. The number of rotatable bonds is 3. The average Bonchev–Trinajstić information content (AvgIpc) is 2.78. The second kappa shape index (κ2) is 6.91. The van der Waals surface area contributed by atoms with Crippen LogP contribution in [0.4, 0.5) is 4.39 Å². The maximum Gasteiger partial charge on any atom is 0.287 e. The van der Waals surface area contributed by atoms with Gasteiger partial charge in [0.15, 0.2) is 5.76 Å². The number of aliphatic hydroxyl groups excluding tert-OH is 1. The van der Waals surface area contributed by atoms with Crippen molar-refractivity contribution >= 4 is 16.9 Å². The zero-order valence-corrected chi connectivity index (χ0v) is 13.8. The summed E-state index contributed by atoms with van der Waals surface area (Å²) in [5.41, 5.74) is 1.06. The van der Waals surface area contributed by atoms with Gasteiger partial charge in [0.05, 0.1) is 12.1 Å². The van der Waals surface area contributed by atoms with Gasteiger partial charge in [-0.25, -0.2) is 4.39 Å². The summed E-state index contributed by atoms with van der Waals surface area (Å²) in [5.74, 6) is -0.619. The molecule has 6 heteroatoms. The highest BCUT2D eigenvalue weighted by Crippen LogP contribution is 2.27. The number of nitrogens with one attached hydrogen (secondary N) is 1. The largest absolute Gasteiger partial charge is 0.451 e. The lowest BCUT2D eigenvalue weighted by Crippen LogP contribution is -2.48. The molecule has 1 aromatic carbocycles. The zero-order chi connectivity index (χ0) is 17.3. The highest BCUT2D eigenvalue weighted by atomic mass is 19.1. The van der Waals surface area contributed by atoms with Crippen LogP contribution in [0.1, 0.15) is 41.8 Å². The lowest BCUT2D eigenvalue weighted by molar-refractivity contribution is -0.0278. The molecule has 0 unspecified atom stereocenters. The molecule has 2 N–H and O–H groups in total. The van der Waals surface area contributed by atoms with Gasteiger partial charge in [0.1, 0.15) is 17.5 Å². The molecule has 0 radical (unpaired) electrons. The van der Waals surface area contributed by atoms with Crippen LogP contribution in [0.25, 0.3) is 11.0 Å². The van der Waals surface area contributed by atoms with E-state index in [2.05, 4.69) is 5.32 Å². The topological polar surface area (TPSA) is 71.7 Å². The van der Waals surface area contributed by atoms with Gasteiger partial charge in [-0.3, -0.25) is 4.79 Å². The number of furan rings is 1. The molecule has 2 aromatic rings. The first-order chi connectivity index (χ1) is 11.5. The third-order valence-corrected chi connectivity index (χ3v) is 4.77. The van der Waals surface area contributed by atoms with Crippen LogP contribution < -0.4 is 5.32 Å². The Morgan fingerprint density at radius 2 is 2.12 bits per heavy atom. The summed E-state index contributed by atoms with van der Waals surface area (Å²) in [6.07, 6.45) is 2.26. The maximum atomic E-state index is 13.4. The van der Waals surface area contributed by atoms with E-state index in [9.17, 15) is 14.3 Å². The Balaban J connectivity index is 1.83. The minimum atomic E-state index is -0.761. The van der Waals surface area contributed by atoms with Crippen LogP contribution in [-0.4, -0.2) is 36.4 Å². The van der Waals surface area contributed by atoms with Gasteiger partial charge in [-0.1, -0.05) is 12.8 Å². The first-order valence-electron chi connectivity index (χ1n) is 8.21. The zero-order valence-electron chi connectivity index (χ0n) is 13.8. The van der Waals surface area contributed by atoms with E-state index in [1.807, 2.05) is 0 Å². The number of ether oxygens (including phenoxy) is 1.